The highest BCUT2D eigenvalue weighted by Crippen LogP contribution is 2.23. The van der Waals surface area contributed by atoms with Crippen LogP contribution in [0.25, 0.3) is 22.4 Å². The zero-order valence-electron chi connectivity index (χ0n) is 15.1. The summed E-state index contributed by atoms with van der Waals surface area (Å²) < 4.78 is 5.70. The molecular formula is C21H15Br2N3OS. The van der Waals surface area contributed by atoms with Gasteiger partial charge in [-0.3, -0.25) is 13.9 Å². The maximum Gasteiger partial charge on any atom is 0.268 e. The van der Waals surface area contributed by atoms with Gasteiger partial charge in [0.2, 0.25) is 0 Å². The molecule has 0 atom stereocenters. The summed E-state index contributed by atoms with van der Waals surface area (Å²) in [5.74, 6) is 0. The average Bonchev–Trinajstić information content (AvgIpc) is 2.64. The molecule has 4 nitrogen and oxygen atoms in total. The minimum Gasteiger partial charge on any atom is -0.270 e. The largest absolute Gasteiger partial charge is 0.270 e. The van der Waals surface area contributed by atoms with E-state index in [-0.39, 0.29) is 5.56 Å². The summed E-state index contributed by atoms with van der Waals surface area (Å²) in [5.41, 5.74) is 3.68. The number of rotatable bonds is 2. The fourth-order valence-electron chi connectivity index (χ4n) is 3.27. The first kappa shape index (κ1) is 19.2. The maximum absolute atomic E-state index is 13.4. The minimum atomic E-state index is -0.166. The smallest absolute Gasteiger partial charge is 0.268 e. The SMILES string of the molecule is Cc1cc(C)c2c(=O)n(-c3ccc(Br)cc3)c(=S)n(-c3ccc(Br)cc3)c2n1. The topological polar surface area (TPSA) is 39.8 Å². The van der Waals surface area contributed by atoms with Gasteiger partial charge in [-0.2, -0.15) is 0 Å². The number of hydrogen-bond donors (Lipinski definition) is 0. The standard InChI is InChI=1S/C21H15Br2N3OS/c1-12-11-13(2)24-19-18(12)20(27)26(17-9-5-15(23)6-10-17)21(28)25(19)16-7-3-14(22)4-8-16/h3-11H,1-2H3. The van der Waals surface area contributed by atoms with Crippen LogP contribution in [0.5, 0.6) is 0 Å². The van der Waals surface area contributed by atoms with Crippen molar-refractivity contribution in [3.05, 3.63) is 89.9 Å². The summed E-state index contributed by atoms with van der Waals surface area (Å²) in [7, 11) is 0. The van der Waals surface area contributed by atoms with Gasteiger partial charge in [-0.25, -0.2) is 4.98 Å². The third-order valence-corrected chi connectivity index (χ3v) is 5.93. The normalized spacial score (nSPS) is 11.1. The first-order valence-electron chi connectivity index (χ1n) is 8.55. The molecule has 0 amide bonds. The van der Waals surface area contributed by atoms with E-state index < -0.39 is 0 Å². The zero-order chi connectivity index (χ0) is 20.0. The second-order valence-electron chi connectivity index (χ2n) is 6.49. The lowest BCUT2D eigenvalue weighted by Gasteiger charge is -2.17. The predicted octanol–water partition coefficient (Wildman–Crippen LogP) is 6.05. The van der Waals surface area contributed by atoms with Crippen molar-refractivity contribution in [3.63, 3.8) is 0 Å². The number of halogens is 2. The van der Waals surface area contributed by atoms with Gasteiger partial charge >= 0.3 is 0 Å². The monoisotopic (exact) mass is 515 g/mol. The van der Waals surface area contributed by atoms with E-state index in [4.69, 9.17) is 12.2 Å². The lowest BCUT2D eigenvalue weighted by Crippen LogP contribution is -2.25. The molecule has 2 aromatic carbocycles. The Hall–Kier alpha value is -2.09. The summed E-state index contributed by atoms with van der Waals surface area (Å²) in [6.07, 6.45) is 0. The van der Waals surface area contributed by atoms with Crippen molar-refractivity contribution in [3.8, 4) is 11.4 Å². The molecule has 0 bridgehead atoms. The molecule has 0 N–H and O–H groups in total. The molecule has 0 aliphatic rings. The molecule has 2 heterocycles. The number of aryl methyl sites for hydroxylation is 2. The molecule has 0 aliphatic carbocycles. The number of nitrogens with zero attached hydrogens (tertiary/aromatic N) is 3. The van der Waals surface area contributed by atoms with Crippen molar-refractivity contribution in [2.24, 2.45) is 0 Å². The fourth-order valence-corrected chi connectivity index (χ4v) is 4.18. The molecule has 0 saturated carbocycles. The Morgan fingerprint density at radius 2 is 1.36 bits per heavy atom. The van der Waals surface area contributed by atoms with Gasteiger partial charge in [0.15, 0.2) is 10.4 Å². The molecule has 0 aliphatic heterocycles. The quantitative estimate of drug-likeness (QED) is 0.304. The molecule has 0 fully saturated rings. The van der Waals surface area contributed by atoms with Crippen molar-refractivity contribution in [2.45, 2.75) is 13.8 Å². The molecular weight excluding hydrogens is 502 g/mol. The van der Waals surface area contributed by atoms with Crippen LogP contribution >= 0.6 is 44.1 Å². The maximum atomic E-state index is 13.4. The molecule has 7 heteroatoms. The van der Waals surface area contributed by atoms with Gasteiger partial charge in [0.1, 0.15) is 0 Å². The number of fused-ring (bicyclic) bond motifs is 1. The summed E-state index contributed by atoms with van der Waals surface area (Å²) in [4.78, 5) is 18.1. The van der Waals surface area contributed by atoms with Crippen LogP contribution in [0, 0.1) is 18.6 Å². The summed E-state index contributed by atoms with van der Waals surface area (Å²) in [6.45, 7) is 3.85. The van der Waals surface area contributed by atoms with E-state index in [2.05, 4.69) is 36.8 Å². The molecule has 0 unspecified atom stereocenters. The van der Waals surface area contributed by atoms with Gasteiger partial charge in [-0.05, 0) is 86.2 Å². The van der Waals surface area contributed by atoms with E-state index in [9.17, 15) is 4.79 Å². The van der Waals surface area contributed by atoms with Gasteiger partial charge in [-0.1, -0.05) is 31.9 Å². The van der Waals surface area contributed by atoms with E-state index in [0.717, 1.165) is 25.9 Å². The minimum absolute atomic E-state index is 0.166. The van der Waals surface area contributed by atoms with Crippen LogP contribution in [-0.2, 0) is 0 Å². The third-order valence-electron chi connectivity index (χ3n) is 4.51. The second kappa shape index (κ2) is 7.39. The van der Waals surface area contributed by atoms with Crippen LogP contribution in [0.3, 0.4) is 0 Å². The average molecular weight is 517 g/mol. The van der Waals surface area contributed by atoms with Gasteiger partial charge in [0.25, 0.3) is 5.56 Å². The van der Waals surface area contributed by atoms with Gasteiger partial charge in [0, 0.05) is 20.3 Å². The summed E-state index contributed by atoms with van der Waals surface area (Å²) in [6, 6.07) is 17.2. The lowest BCUT2D eigenvalue weighted by molar-refractivity contribution is 0.861. The molecule has 140 valence electrons. The van der Waals surface area contributed by atoms with Gasteiger partial charge < -0.3 is 0 Å². The Kier molecular flexibility index (Phi) is 5.07. The first-order chi connectivity index (χ1) is 13.4. The fraction of sp³-hybridized carbons (Fsp3) is 0.0952. The van der Waals surface area contributed by atoms with E-state index in [1.165, 1.54) is 0 Å². The van der Waals surface area contributed by atoms with E-state index >= 15 is 0 Å². The van der Waals surface area contributed by atoms with E-state index in [1.807, 2.05) is 73.0 Å². The third kappa shape index (κ3) is 3.27. The summed E-state index contributed by atoms with van der Waals surface area (Å²) in [5, 5.41) is 0.560. The highest BCUT2D eigenvalue weighted by molar-refractivity contribution is 9.10. The highest BCUT2D eigenvalue weighted by atomic mass is 79.9. The Bertz CT molecular complexity index is 1320. The number of hydrogen-bond acceptors (Lipinski definition) is 3. The van der Waals surface area contributed by atoms with E-state index in [0.29, 0.717) is 21.5 Å². The van der Waals surface area contributed by atoms with Crippen LogP contribution in [0.1, 0.15) is 11.3 Å². The molecule has 0 saturated heterocycles. The first-order valence-corrected chi connectivity index (χ1v) is 10.5. The molecule has 0 radical (unpaired) electrons. The Labute approximate surface area is 183 Å². The molecule has 4 aromatic rings. The highest BCUT2D eigenvalue weighted by Gasteiger charge is 2.17. The second-order valence-corrected chi connectivity index (χ2v) is 8.69. The number of pyridine rings is 1. The van der Waals surface area contributed by atoms with Crippen molar-refractivity contribution < 1.29 is 0 Å². The summed E-state index contributed by atoms with van der Waals surface area (Å²) >= 11 is 12.7. The van der Waals surface area contributed by atoms with Crippen LogP contribution in [0.4, 0.5) is 0 Å². The number of aromatic nitrogens is 3. The van der Waals surface area contributed by atoms with Gasteiger partial charge in [0.05, 0.1) is 11.1 Å². The van der Waals surface area contributed by atoms with Crippen molar-refractivity contribution >= 4 is 55.1 Å². The lowest BCUT2D eigenvalue weighted by atomic mass is 10.1. The van der Waals surface area contributed by atoms with Crippen LogP contribution in [-0.4, -0.2) is 14.1 Å². The molecule has 0 spiro atoms. The zero-order valence-corrected chi connectivity index (χ0v) is 19.1. The van der Waals surface area contributed by atoms with Crippen molar-refractivity contribution in [1.29, 1.82) is 0 Å². The van der Waals surface area contributed by atoms with Gasteiger partial charge in [-0.15, -0.1) is 0 Å². The van der Waals surface area contributed by atoms with Crippen LogP contribution < -0.4 is 5.56 Å². The van der Waals surface area contributed by atoms with Crippen molar-refractivity contribution in [1.82, 2.24) is 14.1 Å². The molecule has 2 aromatic heterocycles. The van der Waals surface area contributed by atoms with Crippen LogP contribution in [0.2, 0.25) is 0 Å². The van der Waals surface area contributed by atoms with E-state index in [1.54, 1.807) is 4.57 Å². The van der Waals surface area contributed by atoms with Crippen molar-refractivity contribution in [2.75, 3.05) is 0 Å². The molecule has 4 rings (SSSR count). The van der Waals surface area contributed by atoms with Crippen LogP contribution in [0.15, 0.2) is 68.3 Å². The molecule has 28 heavy (non-hydrogen) atoms. The predicted molar refractivity (Wildman–Crippen MR) is 122 cm³/mol. The number of benzene rings is 2. The Morgan fingerprint density at radius 3 is 1.89 bits per heavy atom. The Balaban J connectivity index is 2.21. The Morgan fingerprint density at radius 1 is 0.857 bits per heavy atom.